The Morgan fingerprint density at radius 2 is 1.91 bits per heavy atom. The van der Waals surface area contributed by atoms with Gasteiger partial charge in [0.15, 0.2) is 5.82 Å². The first-order valence-electron chi connectivity index (χ1n) is 10.8. The summed E-state index contributed by atoms with van der Waals surface area (Å²) >= 11 is 0. The molecule has 1 saturated carbocycles. The van der Waals surface area contributed by atoms with Crippen LogP contribution in [-0.4, -0.2) is 44.2 Å². The van der Waals surface area contributed by atoms with E-state index in [-0.39, 0.29) is 43.1 Å². The Bertz CT molecular complexity index is 1180. The quantitative estimate of drug-likeness (QED) is 0.611. The Hall–Kier alpha value is -3.75. The average Bonchev–Trinajstić information content (AvgIpc) is 3.50. The fraction of sp³-hybridized carbons (Fsp3) is 0.348. The third kappa shape index (κ3) is 3.93. The predicted octanol–water partition coefficient (Wildman–Crippen LogP) is 1.61. The molecule has 2 aliphatic rings. The summed E-state index contributed by atoms with van der Waals surface area (Å²) in [5, 5.41) is 7.38. The van der Waals surface area contributed by atoms with Crippen LogP contribution in [0.1, 0.15) is 25.3 Å². The van der Waals surface area contributed by atoms with E-state index in [0.29, 0.717) is 12.4 Å². The minimum absolute atomic E-state index is 0.0585. The van der Waals surface area contributed by atoms with E-state index in [2.05, 4.69) is 15.4 Å². The van der Waals surface area contributed by atoms with Crippen molar-refractivity contribution in [3.8, 4) is 11.4 Å². The zero-order valence-corrected chi connectivity index (χ0v) is 17.6. The number of carbonyl (C=O) groups is 2. The van der Waals surface area contributed by atoms with Gasteiger partial charge in [-0.1, -0.05) is 18.2 Å². The van der Waals surface area contributed by atoms with Gasteiger partial charge in [-0.2, -0.15) is 0 Å². The Balaban J connectivity index is 1.23. The van der Waals surface area contributed by atoms with Crippen LogP contribution in [0.2, 0.25) is 0 Å². The summed E-state index contributed by atoms with van der Waals surface area (Å²) < 4.78 is 3.13. The van der Waals surface area contributed by atoms with Gasteiger partial charge in [-0.3, -0.25) is 19.1 Å². The van der Waals surface area contributed by atoms with E-state index in [9.17, 15) is 14.4 Å². The molecule has 1 aromatic carbocycles. The monoisotopic (exact) mass is 432 g/mol. The molecule has 2 amide bonds. The smallest absolute Gasteiger partial charge is 0.346 e. The molecule has 9 heteroatoms. The van der Waals surface area contributed by atoms with Gasteiger partial charge in [0.1, 0.15) is 0 Å². The van der Waals surface area contributed by atoms with E-state index in [1.165, 1.54) is 4.68 Å². The van der Waals surface area contributed by atoms with E-state index < -0.39 is 5.92 Å². The number of amides is 2. The third-order valence-corrected chi connectivity index (χ3v) is 5.89. The molecule has 0 bridgehead atoms. The molecule has 1 N–H and O–H groups in total. The molecule has 1 atom stereocenters. The van der Waals surface area contributed by atoms with Gasteiger partial charge in [0, 0.05) is 49.2 Å². The van der Waals surface area contributed by atoms with Crippen molar-refractivity contribution in [2.45, 2.75) is 31.8 Å². The Morgan fingerprint density at radius 1 is 1.09 bits per heavy atom. The molecule has 3 heterocycles. The standard InChI is InChI=1S/C23H24N6O3/c30-20-13-17(15-27(20)18-6-2-1-3-7-18)22(31)25-11-12-28-23(32)29(19-8-9-19)21(26-28)16-5-4-10-24-14-16/h1-7,10,14,17,19H,8-9,11-13,15H2,(H,25,31). The summed E-state index contributed by atoms with van der Waals surface area (Å²) in [4.78, 5) is 43.7. The van der Waals surface area contributed by atoms with Crippen LogP contribution < -0.4 is 15.9 Å². The van der Waals surface area contributed by atoms with Crippen molar-refractivity contribution < 1.29 is 9.59 Å². The number of pyridine rings is 1. The fourth-order valence-corrected chi connectivity index (χ4v) is 4.09. The Morgan fingerprint density at radius 3 is 2.62 bits per heavy atom. The van der Waals surface area contributed by atoms with Crippen molar-refractivity contribution >= 4 is 17.5 Å². The number of aromatic nitrogens is 4. The van der Waals surface area contributed by atoms with Crippen LogP contribution in [0.3, 0.4) is 0 Å². The van der Waals surface area contributed by atoms with E-state index in [4.69, 9.17) is 0 Å². The van der Waals surface area contributed by atoms with Gasteiger partial charge in [-0.15, -0.1) is 5.10 Å². The van der Waals surface area contributed by atoms with Crippen molar-refractivity contribution in [2.24, 2.45) is 5.92 Å². The summed E-state index contributed by atoms with van der Waals surface area (Å²) in [7, 11) is 0. The maximum atomic E-state index is 12.9. The maximum absolute atomic E-state index is 12.9. The van der Waals surface area contributed by atoms with Crippen molar-refractivity contribution in [1.29, 1.82) is 0 Å². The molecule has 1 aliphatic heterocycles. The van der Waals surface area contributed by atoms with Gasteiger partial charge < -0.3 is 10.2 Å². The van der Waals surface area contributed by atoms with Gasteiger partial charge in [-0.05, 0) is 37.1 Å². The fourth-order valence-electron chi connectivity index (χ4n) is 4.09. The number of nitrogens with zero attached hydrogens (tertiary/aromatic N) is 5. The second-order valence-corrected chi connectivity index (χ2v) is 8.20. The zero-order chi connectivity index (χ0) is 22.1. The maximum Gasteiger partial charge on any atom is 0.346 e. The van der Waals surface area contributed by atoms with Crippen LogP contribution in [0, 0.1) is 5.92 Å². The van der Waals surface area contributed by atoms with Crippen LogP contribution in [0.4, 0.5) is 5.69 Å². The van der Waals surface area contributed by atoms with Crippen LogP contribution in [0.15, 0.2) is 59.7 Å². The Labute approximate surface area is 184 Å². The molecular weight excluding hydrogens is 408 g/mol. The molecule has 164 valence electrons. The van der Waals surface area contributed by atoms with E-state index in [1.54, 1.807) is 21.9 Å². The number of rotatable bonds is 7. The van der Waals surface area contributed by atoms with Crippen LogP contribution in [-0.2, 0) is 16.1 Å². The van der Waals surface area contributed by atoms with Crippen LogP contribution in [0.25, 0.3) is 11.4 Å². The van der Waals surface area contributed by atoms with Crippen LogP contribution in [0.5, 0.6) is 0 Å². The summed E-state index contributed by atoms with van der Waals surface area (Å²) in [6.07, 6.45) is 5.49. The van der Waals surface area contributed by atoms with Gasteiger partial charge in [0.2, 0.25) is 11.8 Å². The molecule has 0 spiro atoms. The predicted molar refractivity (Wildman–Crippen MR) is 118 cm³/mol. The molecule has 2 fully saturated rings. The molecule has 32 heavy (non-hydrogen) atoms. The average molecular weight is 432 g/mol. The highest BCUT2D eigenvalue weighted by Gasteiger charge is 2.35. The number of nitrogens with one attached hydrogen (secondary N) is 1. The molecule has 2 aromatic heterocycles. The summed E-state index contributed by atoms with van der Waals surface area (Å²) in [6, 6.07) is 13.2. The highest BCUT2D eigenvalue weighted by atomic mass is 16.2. The lowest BCUT2D eigenvalue weighted by molar-refractivity contribution is -0.126. The van der Waals surface area contributed by atoms with Gasteiger partial charge in [0.25, 0.3) is 0 Å². The molecule has 1 unspecified atom stereocenters. The normalized spacial score (nSPS) is 18.2. The number of anilines is 1. The minimum atomic E-state index is -0.408. The highest BCUT2D eigenvalue weighted by Crippen LogP contribution is 2.36. The number of para-hydroxylation sites is 1. The topological polar surface area (TPSA) is 102 Å². The second-order valence-electron chi connectivity index (χ2n) is 8.20. The van der Waals surface area contributed by atoms with Crippen molar-refractivity contribution in [3.63, 3.8) is 0 Å². The number of carbonyl (C=O) groups excluding carboxylic acids is 2. The summed E-state index contributed by atoms with van der Waals surface area (Å²) in [5.41, 5.74) is 1.42. The van der Waals surface area contributed by atoms with Crippen molar-refractivity contribution in [2.75, 3.05) is 18.0 Å². The SMILES string of the molecule is O=C(NCCn1nc(-c2cccnc2)n(C2CC2)c1=O)C1CC(=O)N(c2ccccc2)C1. The van der Waals surface area contributed by atoms with Crippen LogP contribution >= 0.6 is 0 Å². The third-order valence-electron chi connectivity index (χ3n) is 5.89. The second kappa shape index (κ2) is 8.41. The van der Waals surface area contributed by atoms with Gasteiger partial charge >= 0.3 is 5.69 Å². The van der Waals surface area contributed by atoms with Gasteiger partial charge in [0.05, 0.1) is 12.5 Å². The lowest BCUT2D eigenvalue weighted by Gasteiger charge is -2.16. The molecule has 9 nitrogen and oxygen atoms in total. The first-order valence-corrected chi connectivity index (χ1v) is 10.8. The zero-order valence-electron chi connectivity index (χ0n) is 17.6. The molecule has 0 radical (unpaired) electrons. The van der Waals surface area contributed by atoms with E-state index >= 15 is 0 Å². The van der Waals surface area contributed by atoms with E-state index in [1.807, 2.05) is 42.5 Å². The van der Waals surface area contributed by atoms with Gasteiger partial charge in [-0.25, -0.2) is 9.48 Å². The lowest BCUT2D eigenvalue weighted by atomic mass is 10.1. The number of hydrogen-bond donors (Lipinski definition) is 1. The minimum Gasteiger partial charge on any atom is -0.354 e. The first kappa shape index (κ1) is 20.2. The molecular formula is C23H24N6O3. The van der Waals surface area contributed by atoms with Crippen molar-refractivity contribution in [3.05, 3.63) is 65.3 Å². The molecule has 1 aliphatic carbocycles. The Kier molecular flexibility index (Phi) is 5.30. The molecule has 5 rings (SSSR count). The van der Waals surface area contributed by atoms with Crippen molar-refractivity contribution in [1.82, 2.24) is 24.6 Å². The largest absolute Gasteiger partial charge is 0.354 e. The van der Waals surface area contributed by atoms with E-state index in [0.717, 1.165) is 24.1 Å². The molecule has 3 aromatic rings. The lowest BCUT2D eigenvalue weighted by Crippen LogP contribution is -2.36. The molecule has 1 saturated heterocycles. The number of benzene rings is 1. The summed E-state index contributed by atoms with van der Waals surface area (Å²) in [6.45, 7) is 0.889. The number of hydrogen-bond acceptors (Lipinski definition) is 5. The summed E-state index contributed by atoms with van der Waals surface area (Å²) in [5.74, 6) is -0.0398. The first-order chi connectivity index (χ1) is 15.6. The highest BCUT2D eigenvalue weighted by molar-refractivity contribution is 6.00.